The van der Waals surface area contributed by atoms with E-state index in [0.29, 0.717) is 23.6 Å². The molecule has 1 unspecified atom stereocenters. The quantitative estimate of drug-likeness (QED) is 0.138. The minimum atomic E-state index is -4.65. The molecule has 3 atom stereocenters. The van der Waals surface area contributed by atoms with Crippen molar-refractivity contribution in [3.8, 4) is 5.69 Å². The molecule has 0 N–H and O–H groups in total. The maximum absolute atomic E-state index is 14.6. The van der Waals surface area contributed by atoms with Crippen molar-refractivity contribution in [1.82, 2.24) is 28.9 Å². The number of aryl methyl sites for hydroxylation is 1. The van der Waals surface area contributed by atoms with Crippen LogP contribution in [-0.4, -0.2) is 56.8 Å². The van der Waals surface area contributed by atoms with Crippen LogP contribution in [0.4, 0.5) is 17.6 Å². The first-order valence-electron chi connectivity index (χ1n) is 15.1. The number of pyridine rings is 1. The Morgan fingerprint density at radius 1 is 1.11 bits per heavy atom. The molecule has 4 aromatic rings. The summed E-state index contributed by atoms with van der Waals surface area (Å²) in [5.74, 6) is 3.28. The molecule has 8 nitrogen and oxygen atoms in total. The number of allylic oxidation sites excluding steroid dienone is 1. The average Bonchev–Trinajstić information content (AvgIpc) is 3.63. The van der Waals surface area contributed by atoms with Crippen LogP contribution in [-0.2, 0) is 29.4 Å². The molecule has 0 saturated heterocycles. The van der Waals surface area contributed by atoms with Gasteiger partial charge in [0.1, 0.15) is 11.5 Å². The SMILES string of the molecule is C=S(=O)(c1ccn(C)n1)N(C1CCC1)[C@H]1CCC2=Cc3c(cnn3-c3ccc(F)cc3)C[C@]2(C(=O)c2cc(C(F)(F)F)ccn2)C1. The number of aromatic nitrogens is 5. The molecule has 3 aliphatic rings. The Morgan fingerprint density at radius 2 is 1.87 bits per heavy atom. The number of carbonyl (C=O) groups excluding carboxylic acids is 1. The fraction of sp³-hybridized carbons (Fsp3) is 0.364. The molecule has 3 aromatic heterocycles. The predicted octanol–water partition coefficient (Wildman–Crippen LogP) is 6.07. The van der Waals surface area contributed by atoms with Crippen LogP contribution in [0.2, 0.25) is 0 Å². The number of benzene rings is 1. The summed E-state index contributed by atoms with van der Waals surface area (Å²) in [6.07, 6.45) is 5.62. The van der Waals surface area contributed by atoms with Gasteiger partial charge in [-0.3, -0.25) is 14.5 Å². The first kappa shape index (κ1) is 30.5. The van der Waals surface area contributed by atoms with Crippen molar-refractivity contribution in [2.45, 2.75) is 68.2 Å². The highest BCUT2D eigenvalue weighted by Gasteiger charge is 2.52. The van der Waals surface area contributed by atoms with Gasteiger partial charge in [-0.05, 0) is 98.5 Å². The minimum absolute atomic E-state index is 0.0262. The molecule has 240 valence electrons. The van der Waals surface area contributed by atoms with Crippen LogP contribution in [0.5, 0.6) is 0 Å². The van der Waals surface area contributed by atoms with Gasteiger partial charge in [0, 0.05) is 31.5 Å². The summed E-state index contributed by atoms with van der Waals surface area (Å²) in [6, 6.07) is 8.86. The summed E-state index contributed by atoms with van der Waals surface area (Å²) in [7, 11) is -1.32. The number of carbonyl (C=O) groups is 1. The molecule has 0 spiro atoms. The highest BCUT2D eigenvalue weighted by molar-refractivity contribution is 7.98. The summed E-state index contributed by atoms with van der Waals surface area (Å²) < 4.78 is 74.7. The predicted molar refractivity (Wildman–Crippen MR) is 165 cm³/mol. The fourth-order valence-electron chi connectivity index (χ4n) is 7.16. The highest BCUT2D eigenvalue weighted by Crippen LogP contribution is 2.52. The normalized spacial score (nSPS) is 22.8. The van der Waals surface area contributed by atoms with E-state index < -0.39 is 32.6 Å². The van der Waals surface area contributed by atoms with Crippen LogP contribution >= 0.6 is 0 Å². The molecular weight excluding hydrogens is 620 g/mol. The molecule has 0 radical (unpaired) electrons. The number of hydrogen-bond acceptors (Lipinski definition) is 5. The van der Waals surface area contributed by atoms with E-state index in [-0.39, 0.29) is 36.4 Å². The molecule has 13 heteroatoms. The third kappa shape index (κ3) is 5.09. The van der Waals surface area contributed by atoms with E-state index in [9.17, 15) is 26.6 Å². The zero-order valence-corrected chi connectivity index (χ0v) is 25.9. The number of halogens is 4. The van der Waals surface area contributed by atoms with Crippen LogP contribution in [0.15, 0.2) is 71.7 Å². The molecule has 0 aliphatic heterocycles. The molecule has 3 aliphatic carbocycles. The molecule has 2 saturated carbocycles. The summed E-state index contributed by atoms with van der Waals surface area (Å²) in [6.45, 7) is 0. The summed E-state index contributed by atoms with van der Waals surface area (Å²) in [5.41, 5.74) is 0.362. The number of hydrogen-bond donors (Lipinski definition) is 0. The smallest absolute Gasteiger partial charge is 0.291 e. The summed E-state index contributed by atoms with van der Waals surface area (Å²) in [4.78, 5) is 18.8. The second-order valence-corrected chi connectivity index (χ2v) is 14.6. The number of alkyl halides is 3. The Kier molecular flexibility index (Phi) is 7.31. The molecule has 0 bridgehead atoms. The van der Waals surface area contributed by atoms with Gasteiger partial charge in [-0.1, -0.05) is 12.0 Å². The van der Waals surface area contributed by atoms with E-state index in [1.54, 1.807) is 47.0 Å². The largest absolute Gasteiger partial charge is 0.416 e. The lowest BCUT2D eigenvalue weighted by atomic mass is 9.60. The van der Waals surface area contributed by atoms with E-state index in [1.807, 2.05) is 10.4 Å². The third-order valence-corrected chi connectivity index (χ3v) is 11.8. The van der Waals surface area contributed by atoms with E-state index in [4.69, 9.17) is 0 Å². The van der Waals surface area contributed by atoms with Crippen LogP contribution in [0.1, 0.15) is 65.8 Å². The van der Waals surface area contributed by atoms with Crippen molar-refractivity contribution < 1.29 is 26.6 Å². The van der Waals surface area contributed by atoms with Gasteiger partial charge in [0.05, 0.1) is 38.3 Å². The number of fused-ring (bicyclic) bond motifs is 2. The zero-order chi connectivity index (χ0) is 32.4. The second kappa shape index (κ2) is 11.0. The van der Waals surface area contributed by atoms with Crippen molar-refractivity contribution in [3.63, 3.8) is 0 Å². The highest BCUT2D eigenvalue weighted by atomic mass is 32.2. The third-order valence-electron chi connectivity index (χ3n) is 9.61. The Hall–Kier alpha value is -4.10. The van der Waals surface area contributed by atoms with Crippen LogP contribution in [0.3, 0.4) is 0 Å². The first-order chi connectivity index (χ1) is 21.9. The van der Waals surface area contributed by atoms with Crippen molar-refractivity contribution in [2.75, 3.05) is 0 Å². The minimum Gasteiger partial charge on any atom is -0.291 e. The van der Waals surface area contributed by atoms with Gasteiger partial charge < -0.3 is 0 Å². The Labute approximate surface area is 263 Å². The molecule has 46 heavy (non-hydrogen) atoms. The van der Waals surface area contributed by atoms with Crippen LogP contribution in [0.25, 0.3) is 11.8 Å². The van der Waals surface area contributed by atoms with Crippen molar-refractivity contribution in [3.05, 3.63) is 95.0 Å². The van der Waals surface area contributed by atoms with Crippen molar-refractivity contribution in [1.29, 1.82) is 0 Å². The van der Waals surface area contributed by atoms with Gasteiger partial charge in [-0.25, -0.2) is 17.6 Å². The lowest BCUT2D eigenvalue weighted by Crippen LogP contribution is -2.55. The lowest BCUT2D eigenvalue weighted by Gasteiger charge is -2.50. The average molecular weight is 653 g/mol. The topological polar surface area (TPSA) is 85.9 Å². The Morgan fingerprint density at radius 3 is 2.52 bits per heavy atom. The van der Waals surface area contributed by atoms with Gasteiger partial charge in [0.25, 0.3) is 0 Å². The maximum atomic E-state index is 14.6. The maximum Gasteiger partial charge on any atom is 0.416 e. The molecule has 2 fully saturated rings. The van der Waals surface area contributed by atoms with E-state index in [1.165, 1.54) is 12.1 Å². The van der Waals surface area contributed by atoms with Gasteiger partial charge in [0.15, 0.2) is 10.8 Å². The first-order valence-corrected chi connectivity index (χ1v) is 16.8. The Bertz CT molecular complexity index is 1960. The molecular formula is C33H32F4N6O2S. The van der Waals surface area contributed by atoms with E-state index >= 15 is 0 Å². The molecule has 0 amide bonds. The molecule has 1 aromatic carbocycles. The number of rotatable bonds is 7. The second-order valence-electron chi connectivity index (χ2n) is 12.4. The van der Waals surface area contributed by atoms with Gasteiger partial charge in [-0.15, -0.1) is 0 Å². The van der Waals surface area contributed by atoms with Crippen LogP contribution in [0, 0.1) is 11.2 Å². The van der Waals surface area contributed by atoms with Crippen molar-refractivity contribution >= 4 is 27.4 Å². The van der Waals surface area contributed by atoms with Crippen LogP contribution < -0.4 is 0 Å². The summed E-state index contributed by atoms with van der Waals surface area (Å²) >= 11 is 0. The number of nitrogens with zero attached hydrogens (tertiary/aromatic N) is 6. The number of Topliss-reactive ketones (excluding diaryl/α,β-unsaturated/α-hetero) is 1. The van der Waals surface area contributed by atoms with Crippen molar-refractivity contribution in [2.24, 2.45) is 12.5 Å². The van der Waals surface area contributed by atoms with Gasteiger partial charge in [-0.2, -0.15) is 23.4 Å². The van der Waals surface area contributed by atoms with E-state index in [2.05, 4.69) is 21.1 Å². The zero-order valence-electron chi connectivity index (χ0n) is 25.1. The van der Waals surface area contributed by atoms with Gasteiger partial charge in [0.2, 0.25) is 0 Å². The number of ketones is 1. The molecule has 7 rings (SSSR count). The van der Waals surface area contributed by atoms with E-state index in [0.717, 1.165) is 54.4 Å². The standard InChI is InChI=1S/C33H32F4N6O2S/c1-41-15-13-30(40-41)46(2,45)43(26-4-3-5-26)27-9-6-22-17-29-21(20-39-42(29)25-10-7-24(34)8-11-25)18-32(22,19-27)31(44)28-16-23(12-14-38-28)33(35,36)37/h7-8,10-17,20,26-27H,2-6,9,18-19H2,1H3/t27-,32-,46?/m0/s1. The van der Waals surface area contributed by atoms with Gasteiger partial charge >= 0.3 is 6.18 Å². The Balaban J connectivity index is 1.34. The lowest BCUT2D eigenvalue weighted by molar-refractivity contribution is -0.137. The summed E-state index contributed by atoms with van der Waals surface area (Å²) in [5, 5.41) is 9.33. The fourth-order valence-corrected chi connectivity index (χ4v) is 9.26. The molecule has 3 heterocycles. The monoisotopic (exact) mass is 652 g/mol.